The summed E-state index contributed by atoms with van der Waals surface area (Å²) in [6.45, 7) is 0. The number of para-hydroxylation sites is 5. The average molecular weight is 653 g/mol. The maximum Gasteiger partial charge on any atom is 0.197 e. The van der Waals surface area contributed by atoms with Gasteiger partial charge in [0, 0.05) is 43.7 Å². The second-order valence-electron chi connectivity index (χ2n) is 13.0. The summed E-state index contributed by atoms with van der Waals surface area (Å²) >= 11 is 0. The quantitative estimate of drug-likeness (QED) is 0.190. The Hall–Kier alpha value is -6.98. The molecule has 0 spiro atoms. The molecule has 0 saturated heterocycles. The Morgan fingerprint density at radius 1 is 0.431 bits per heavy atom. The van der Waals surface area contributed by atoms with Crippen molar-refractivity contribution in [1.29, 1.82) is 0 Å². The first-order valence-electron chi connectivity index (χ1n) is 17.2. The van der Waals surface area contributed by atoms with Gasteiger partial charge in [-0.15, -0.1) is 0 Å². The zero-order valence-electron chi connectivity index (χ0n) is 27.4. The largest absolute Gasteiger partial charge is 0.450 e. The molecule has 0 aliphatic rings. The SMILES string of the molecule is c1ccc(-c2cccc3c4ccccc4n(-c4nc(-c5cccc(-n6c7ccccc7c7ccccc76)c5)nc5c4oc4ccccc45)c23)cc1. The summed E-state index contributed by atoms with van der Waals surface area (Å²) in [4.78, 5) is 10.7. The lowest BCUT2D eigenvalue weighted by molar-refractivity contribution is 0.662. The van der Waals surface area contributed by atoms with E-state index in [4.69, 9.17) is 14.4 Å². The van der Waals surface area contributed by atoms with Crippen molar-refractivity contribution in [2.75, 3.05) is 0 Å². The van der Waals surface area contributed by atoms with Crippen molar-refractivity contribution < 1.29 is 4.42 Å². The number of rotatable bonds is 4. The van der Waals surface area contributed by atoms with Crippen LogP contribution in [-0.2, 0) is 0 Å². The van der Waals surface area contributed by atoms with Crippen LogP contribution in [0.15, 0.2) is 174 Å². The van der Waals surface area contributed by atoms with E-state index < -0.39 is 0 Å². The standard InChI is InChI=1S/C46H28N4O/c1-2-14-29(15-3-1)32-22-13-23-36-35-20-6-10-26-40(35)50(43(32)36)46-44-42(37-21-7-11-27-41(37)51-44)47-45(48-46)30-16-12-17-31(28-30)49-38-24-8-4-18-33(38)34-19-5-9-25-39(34)49/h1-28H. The molecule has 0 N–H and O–H groups in total. The molecule has 11 rings (SSSR count). The van der Waals surface area contributed by atoms with Gasteiger partial charge in [0.1, 0.15) is 11.1 Å². The maximum atomic E-state index is 6.67. The van der Waals surface area contributed by atoms with E-state index >= 15 is 0 Å². The van der Waals surface area contributed by atoms with Crippen LogP contribution in [0.25, 0.3) is 99.7 Å². The third kappa shape index (κ3) is 4.09. The van der Waals surface area contributed by atoms with Gasteiger partial charge in [-0.25, -0.2) is 9.97 Å². The fraction of sp³-hybridized carbons (Fsp3) is 0. The Balaban J connectivity index is 1.23. The molecule has 4 aromatic heterocycles. The highest BCUT2D eigenvalue weighted by atomic mass is 16.3. The van der Waals surface area contributed by atoms with Crippen molar-refractivity contribution in [1.82, 2.24) is 19.1 Å². The number of fused-ring (bicyclic) bond motifs is 9. The van der Waals surface area contributed by atoms with Crippen LogP contribution in [0.1, 0.15) is 0 Å². The minimum absolute atomic E-state index is 0.634. The maximum absolute atomic E-state index is 6.67. The molecular weight excluding hydrogens is 625 g/mol. The predicted octanol–water partition coefficient (Wildman–Crippen LogP) is 11.9. The van der Waals surface area contributed by atoms with Crippen molar-refractivity contribution in [3.63, 3.8) is 0 Å². The summed E-state index contributed by atoms with van der Waals surface area (Å²) in [6, 6.07) is 59.5. The number of hydrogen-bond acceptors (Lipinski definition) is 3. The summed E-state index contributed by atoms with van der Waals surface area (Å²) < 4.78 is 11.3. The molecule has 4 heterocycles. The summed E-state index contributed by atoms with van der Waals surface area (Å²) in [5, 5.41) is 5.72. The minimum atomic E-state index is 0.634. The van der Waals surface area contributed by atoms with Gasteiger partial charge in [0.05, 0.1) is 22.1 Å². The highest BCUT2D eigenvalue weighted by Crippen LogP contribution is 2.41. The van der Waals surface area contributed by atoms with E-state index in [2.05, 4.69) is 161 Å². The zero-order valence-corrected chi connectivity index (χ0v) is 27.4. The summed E-state index contributed by atoms with van der Waals surface area (Å²) in [5.41, 5.74) is 10.9. The van der Waals surface area contributed by atoms with Gasteiger partial charge in [-0.05, 0) is 48.0 Å². The molecule has 0 radical (unpaired) electrons. The molecule has 0 aliphatic carbocycles. The topological polar surface area (TPSA) is 48.8 Å². The lowest BCUT2D eigenvalue weighted by Gasteiger charge is -2.13. The fourth-order valence-corrected chi connectivity index (χ4v) is 7.93. The van der Waals surface area contributed by atoms with Gasteiger partial charge in [0.25, 0.3) is 0 Å². The van der Waals surface area contributed by atoms with Crippen molar-refractivity contribution in [3.8, 4) is 34.0 Å². The zero-order chi connectivity index (χ0) is 33.5. The Labute approximate surface area is 292 Å². The average Bonchev–Trinajstić information content (AvgIpc) is 3.86. The van der Waals surface area contributed by atoms with Crippen LogP contribution >= 0.6 is 0 Å². The molecule has 0 aliphatic heterocycles. The van der Waals surface area contributed by atoms with E-state index in [1.54, 1.807) is 0 Å². The number of benzene rings is 7. The molecule has 11 aromatic rings. The molecule has 0 saturated carbocycles. The molecule has 0 amide bonds. The van der Waals surface area contributed by atoms with Crippen LogP contribution in [0.4, 0.5) is 0 Å². The second kappa shape index (κ2) is 10.8. The molecular formula is C46H28N4O. The van der Waals surface area contributed by atoms with Gasteiger partial charge < -0.3 is 8.98 Å². The van der Waals surface area contributed by atoms with Gasteiger partial charge in [-0.3, -0.25) is 4.57 Å². The van der Waals surface area contributed by atoms with Gasteiger partial charge in [-0.1, -0.05) is 127 Å². The molecule has 238 valence electrons. The van der Waals surface area contributed by atoms with Crippen LogP contribution in [0.3, 0.4) is 0 Å². The van der Waals surface area contributed by atoms with E-state index in [0.717, 1.165) is 71.7 Å². The lowest BCUT2D eigenvalue weighted by atomic mass is 10.0. The lowest BCUT2D eigenvalue weighted by Crippen LogP contribution is -2.03. The molecule has 51 heavy (non-hydrogen) atoms. The molecule has 0 unspecified atom stereocenters. The van der Waals surface area contributed by atoms with Crippen LogP contribution in [-0.4, -0.2) is 19.1 Å². The van der Waals surface area contributed by atoms with Gasteiger partial charge >= 0.3 is 0 Å². The molecule has 7 aromatic carbocycles. The molecule has 0 bridgehead atoms. The first kappa shape index (κ1) is 27.9. The Kier molecular flexibility index (Phi) is 5.89. The van der Waals surface area contributed by atoms with Crippen molar-refractivity contribution >= 4 is 65.7 Å². The van der Waals surface area contributed by atoms with E-state index in [1.807, 2.05) is 18.2 Å². The Morgan fingerprint density at radius 3 is 1.75 bits per heavy atom. The van der Waals surface area contributed by atoms with Crippen molar-refractivity contribution in [2.24, 2.45) is 0 Å². The summed E-state index contributed by atoms with van der Waals surface area (Å²) in [7, 11) is 0. The third-order valence-corrected chi connectivity index (χ3v) is 10.1. The van der Waals surface area contributed by atoms with Crippen LogP contribution < -0.4 is 0 Å². The monoisotopic (exact) mass is 652 g/mol. The number of nitrogens with zero attached hydrogens (tertiary/aromatic N) is 4. The van der Waals surface area contributed by atoms with Crippen LogP contribution in [0, 0.1) is 0 Å². The first-order valence-corrected chi connectivity index (χ1v) is 17.2. The van der Waals surface area contributed by atoms with Crippen molar-refractivity contribution in [3.05, 3.63) is 170 Å². The Bertz CT molecular complexity index is 3090. The highest BCUT2D eigenvalue weighted by molar-refractivity contribution is 6.15. The predicted molar refractivity (Wildman–Crippen MR) is 209 cm³/mol. The molecule has 5 nitrogen and oxygen atoms in total. The number of aromatic nitrogens is 4. The van der Waals surface area contributed by atoms with E-state index in [0.29, 0.717) is 17.2 Å². The molecule has 0 fully saturated rings. The highest BCUT2D eigenvalue weighted by Gasteiger charge is 2.24. The number of hydrogen-bond donors (Lipinski definition) is 0. The van der Waals surface area contributed by atoms with E-state index in [1.165, 1.54) is 10.8 Å². The van der Waals surface area contributed by atoms with Crippen LogP contribution in [0.2, 0.25) is 0 Å². The summed E-state index contributed by atoms with van der Waals surface area (Å²) in [5.74, 6) is 1.35. The third-order valence-electron chi connectivity index (χ3n) is 10.1. The minimum Gasteiger partial charge on any atom is -0.450 e. The number of furan rings is 1. The van der Waals surface area contributed by atoms with E-state index in [-0.39, 0.29) is 0 Å². The van der Waals surface area contributed by atoms with E-state index in [9.17, 15) is 0 Å². The van der Waals surface area contributed by atoms with Crippen LogP contribution in [0.5, 0.6) is 0 Å². The molecule has 0 atom stereocenters. The smallest absolute Gasteiger partial charge is 0.197 e. The van der Waals surface area contributed by atoms with Gasteiger partial charge in [-0.2, -0.15) is 0 Å². The first-order chi connectivity index (χ1) is 25.3. The Morgan fingerprint density at radius 2 is 1.00 bits per heavy atom. The fourth-order valence-electron chi connectivity index (χ4n) is 7.93. The van der Waals surface area contributed by atoms with Crippen molar-refractivity contribution in [2.45, 2.75) is 0 Å². The summed E-state index contributed by atoms with van der Waals surface area (Å²) in [6.07, 6.45) is 0. The van der Waals surface area contributed by atoms with Gasteiger partial charge in [0.2, 0.25) is 0 Å². The molecule has 5 heteroatoms. The second-order valence-corrected chi connectivity index (χ2v) is 13.0. The van der Waals surface area contributed by atoms with Gasteiger partial charge in [0.15, 0.2) is 17.2 Å². The normalized spacial score (nSPS) is 11.9.